The first kappa shape index (κ1) is 12.9. The smallest absolute Gasteiger partial charge is 0.335 e. The number of hydrogen-bond acceptors (Lipinski definition) is 3. The van der Waals surface area contributed by atoms with Crippen molar-refractivity contribution in [1.29, 1.82) is 5.26 Å². The van der Waals surface area contributed by atoms with E-state index in [1.165, 1.54) is 12.1 Å². The molecule has 0 amide bonds. The molecule has 2 aromatic rings. The third-order valence-electron chi connectivity index (χ3n) is 2.53. The molecule has 94 valence electrons. The average Bonchev–Trinajstić information content (AvgIpc) is 2.41. The van der Waals surface area contributed by atoms with Gasteiger partial charge < -0.3 is 10.4 Å². The van der Waals surface area contributed by atoms with Crippen LogP contribution in [0.1, 0.15) is 15.9 Å². The molecule has 0 atom stereocenters. The number of carboxylic acid groups (broad SMARTS) is 1. The van der Waals surface area contributed by atoms with E-state index in [0.29, 0.717) is 16.9 Å². The third-order valence-corrected chi connectivity index (χ3v) is 2.85. The number of halogens is 1. The Morgan fingerprint density at radius 1 is 1.21 bits per heavy atom. The minimum absolute atomic E-state index is 0.115. The number of benzene rings is 2. The molecule has 0 unspecified atom stereocenters. The normalized spacial score (nSPS) is 9.68. The van der Waals surface area contributed by atoms with Gasteiger partial charge in [-0.25, -0.2) is 4.79 Å². The number of aromatic carboxylic acids is 1. The molecule has 0 aliphatic heterocycles. The van der Waals surface area contributed by atoms with Gasteiger partial charge in [-0.3, -0.25) is 0 Å². The molecule has 4 nitrogen and oxygen atoms in total. The lowest BCUT2D eigenvalue weighted by molar-refractivity contribution is 0.0697. The van der Waals surface area contributed by atoms with Crippen molar-refractivity contribution in [1.82, 2.24) is 0 Å². The fourth-order valence-corrected chi connectivity index (χ4v) is 1.81. The summed E-state index contributed by atoms with van der Waals surface area (Å²) in [4.78, 5) is 10.8. The predicted octanol–water partition coefficient (Wildman–Crippen LogP) is 3.65. The molecular weight excluding hydrogens is 264 g/mol. The number of hydrogen-bond donors (Lipinski definition) is 2. The highest BCUT2D eigenvalue weighted by Gasteiger charge is 2.08. The molecule has 0 aliphatic rings. The summed E-state index contributed by atoms with van der Waals surface area (Å²) in [7, 11) is 0. The molecule has 0 radical (unpaired) electrons. The van der Waals surface area contributed by atoms with Gasteiger partial charge in [-0.15, -0.1) is 0 Å². The van der Waals surface area contributed by atoms with Crippen molar-refractivity contribution in [2.75, 3.05) is 5.32 Å². The largest absolute Gasteiger partial charge is 0.478 e. The van der Waals surface area contributed by atoms with E-state index in [-0.39, 0.29) is 10.6 Å². The number of rotatable bonds is 3. The highest BCUT2D eigenvalue weighted by molar-refractivity contribution is 6.33. The van der Waals surface area contributed by atoms with Crippen LogP contribution in [0.2, 0.25) is 5.02 Å². The summed E-state index contributed by atoms with van der Waals surface area (Å²) >= 11 is 6.01. The van der Waals surface area contributed by atoms with E-state index in [0.717, 1.165) is 0 Å². The summed E-state index contributed by atoms with van der Waals surface area (Å²) < 4.78 is 0. The van der Waals surface area contributed by atoms with Gasteiger partial charge in [0.1, 0.15) is 6.07 Å². The van der Waals surface area contributed by atoms with Crippen LogP contribution in [0, 0.1) is 11.3 Å². The number of carboxylic acids is 1. The number of carbonyl (C=O) groups is 1. The number of nitrogens with one attached hydrogen (secondary N) is 1. The molecule has 0 heterocycles. The highest BCUT2D eigenvalue weighted by Crippen LogP contribution is 2.27. The van der Waals surface area contributed by atoms with Crippen LogP contribution < -0.4 is 5.32 Å². The molecule has 2 N–H and O–H groups in total. The number of nitrogens with zero attached hydrogens (tertiary/aromatic N) is 1. The topological polar surface area (TPSA) is 73.1 Å². The van der Waals surface area contributed by atoms with Gasteiger partial charge in [0, 0.05) is 0 Å². The number of para-hydroxylation sites is 1. The van der Waals surface area contributed by atoms with Gasteiger partial charge in [-0.1, -0.05) is 23.7 Å². The maximum Gasteiger partial charge on any atom is 0.335 e. The van der Waals surface area contributed by atoms with Crippen molar-refractivity contribution in [2.45, 2.75) is 0 Å². The fraction of sp³-hybridized carbons (Fsp3) is 0. The second-order valence-electron chi connectivity index (χ2n) is 3.78. The van der Waals surface area contributed by atoms with Crippen LogP contribution in [0.25, 0.3) is 0 Å². The molecule has 19 heavy (non-hydrogen) atoms. The van der Waals surface area contributed by atoms with Crippen molar-refractivity contribution >= 4 is 28.9 Å². The Balaban J connectivity index is 2.34. The van der Waals surface area contributed by atoms with E-state index in [4.69, 9.17) is 22.0 Å². The molecule has 0 aromatic heterocycles. The maximum absolute atomic E-state index is 10.8. The van der Waals surface area contributed by atoms with Crippen LogP contribution >= 0.6 is 11.6 Å². The quantitative estimate of drug-likeness (QED) is 0.894. The Kier molecular flexibility index (Phi) is 3.69. The van der Waals surface area contributed by atoms with Crippen molar-refractivity contribution in [3.05, 3.63) is 58.6 Å². The predicted molar refractivity (Wildman–Crippen MR) is 72.9 cm³/mol. The lowest BCUT2D eigenvalue weighted by Gasteiger charge is -2.10. The van der Waals surface area contributed by atoms with Gasteiger partial charge in [-0.05, 0) is 30.3 Å². The van der Waals surface area contributed by atoms with E-state index in [1.807, 2.05) is 0 Å². The van der Waals surface area contributed by atoms with Gasteiger partial charge in [-0.2, -0.15) is 5.26 Å². The molecular formula is C14H9ClN2O2. The zero-order valence-corrected chi connectivity index (χ0v) is 10.5. The van der Waals surface area contributed by atoms with Crippen LogP contribution in [0.5, 0.6) is 0 Å². The number of nitriles is 1. The van der Waals surface area contributed by atoms with Crippen molar-refractivity contribution < 1.29 is 9.90 Å². The van der Waals surface area contributed by atoms with Crippen LogP contribution in [-0.2, 0) is 0 Å². The van der Waals surface area contributed by atoms with Gasteiger partial charge >= 0.3 is 5.97 Å². The van der Waals surface area contributed by atoms with Crippen molar-refractivity contribution in [3.8, 4) is 6.07 Å². The van der Waals surface area contributed by atoms with Crippen LogP contribution in [0.15, 0.2) is 42.5 Å². The zero-order valence-electron chi connectivity index (χ0n) is 9.72. The van der Waals surface area contributed by atoms with Gasteiger partial charge in [0.05, 0.1) is 27.5 Å². The summed E-state index contributed by atoms with van der Waals surface area (Å²) in [6.45, 7) is 0. The zero-order chi connectivity index (χ0) is 13.8. The van der Waals surface area contributed by atoms with Gasteiger partial charge in [0.15, 0.2) is 0 Å². The van der Waals surface area contributed by atoms with E-state index in [9.17, 15) is 4.79 Å². The lowest BCUT2D eigenvalue weighted by atomic mass is 10.1. The van der Waals surface area contributed by atoms with E-state index >= 15 is 0 Å². The molecule has 5 heteroatoms. The summed E-state index contributed by atoms with van der Waals surface area (Å²) in [6.07, 6.45) is 0. The Morgan fingerprint density at radius 2 is 1.95 bits per heavy atom. The highest BCUT2D eigenvalue weighted by atomic mass is 35.5. The summed E-state index contributed by atoms with van der Waals surface area (Å²) in [6, 6.07) is 13.4. The Hall–Kier alpha value is -2.51. The first-order valence-electron chi connectivity index (χ1n) is 5.41. The van der Waals surface area contributed by atoms with E-state index in [2.05, 4.69) is 11.4 Å². The van der Waals surface area contributed by atoms with Gasteiger partial charge in [0.25, 0.3) is 0 Å². The molecule has 2 rings (SSSR count). The Labute approximate surface area is 114 Å². The molecule has 2 aromatic carbocycles. The summed E-state index contributed by atoms with van der Waals surface area (Å²) in [5.41, 5.74) is 1.77. The third kappa shape index (κ3) is 2.84. The molecule has 0 aliphatic carbocycles. The van der Waals surface area contributed by atoms with Crippen LogP contribution in [-0.4, -0.2) is 11.1 Å². The standard InChI is InChI=1S/C14H9ClN2O2/c15-11-7-9(14(18)19)5-6-13(11)17-12-4-2-1-3-10(12)8-16/h1-7,17H,(H,18,19). The van der Waals surface area contributed by atoms with E-state index < -0.39 is 5.97 Å². The van der Waals surface area contributed by atoms with Crippen molar-refractivity contribution in [2.24, 2.45) is 0 Å². The second-order valence-corrected chi connectivity index (χ2v) is 4.19. The summed E-state index contributed by atoms with van der Waals surface area (Å²) in [5.74, 6) is -1.04. The van der Waals surface area contributed by atoms with Crippen LogP contribution in [0.4, 0.5) is 11.4 Å². The van der Waals surface area contributed by atoms with Crippen molar-refractivity contribution in [3.63, 3.8) is 0 Å². The summed E-state index contributed by atoms with van der Waals surface area (Å²) in [5, 5.41) is 21.1. The Bertz CT molecular complexity index is 677. The first-order valence-corrected chi connectivity index (χ1v) is 5.78. The Morgan fingerprint density at radius 3 is 2.58 bits per heavy atom. The first-order chi connectivity index (χ1) is 9.11. The molecule has 0 spiro atoms. The minimum Gasteiger partial charge on any atom is -0.478 e. The molecule has 0 saturated heterocycles. The number of anilines is 2. The average molecular weight is 273 g/mol. The van der Waals surface area contributed by atoms with Gasteiger partial charge in [0.2, 0.25) is 0 Å². The molecule has 0 bridgehead atoms. The SMILES string of the molecule is N#Cc1ccccc1Nc1ccc(C(=O)O)cc1Cl. The lowest BCUT2D eigenvalue weighted by Crippen LogP contribution is -1.98. The molecule has 0 fully saturated rings. The second kappa shape index (κ2) is 5.42. The maximum atomic E-state index is 10.8. The van der Waals surface area contributed by atoms with Crippen LogP contribution in [0.3, 0.4) is 0 Å². The fourth-order valence-electron chi connectivity index (χ4n) is 1.58. The van der Waals surface area contributed by atoms with E-state index in [1.54, 1.807) is 30.3 Å². The molecule has 0 saturated carbocycles. The monoisotopic (exact) mass is 272 g/mol. The minimum atomic E-state index is -1.04.